The van der Waals surface area contributed by atoms with Crippen LogP contribution in [0.4, 0.5) is 5.69 Å². The quantitative estimate of drug-likeness (QED) is 0.675. The van der Waals surface area contributed by atoms with Gasteiger partial charge in [-0.05, 0) is 18.2 Å². The number of benzene rings is 1. The van der Waals surface area contributed by atoms with Gasteiger partial charge < -0.3 is 9.64 Å². The number of hydrogen-bond acceptors (Lipinski definition) is 2. The van der Waals surface area contributed by atoms with Crippen molar-refractivity contribution in [3.63, 3.8) is 0 Å². The first-order valence-corrected chi connectivity index (χ1v) is 4.70. The van der Waals surface area contributed by atoms with Gasteiger partial charge >= 0.3 is 0 Å². The summed E-state index contributed by atoms with van der Waals surface area (Å²) in [5.74, 6) is 0.970. The van der Waals surface area contributed by atoms with Crippen molar-refractivity contribution in [2.75, 3.05) is 25.1 Å². The molecule has 1 heterocycles. The summed E-state index contributed by atoms with van der Waals surface area (Å²) in [7, 11) is 2.08. The van der Waals surface area contributed by atoms with E-state index in [4.69, 9.17) is 4.74 Å². The zero-order chi connectivity index (χ0) is 8.55. The molecule has 12 heavy (non-hydrogen) atoms. The molecule has 0 aliphatic carbocycles. The van der Waals surface area contributed by atoms with Gasteiger partial charge in [-0.25, -0.2) is 0 Å². The number of ether oxygens (including phenoxy) is 1. The standard InChI is InChI=1S/C9H10BrNO/c1-11-4-5-12-9-6-7(10)2-3-8(9)11/h2-3,6H,4-5H2,1H3. The van der Waals surface area contributed by atoms with Crippen LogP contribution in [0.25, 0.3) is 0 Å². The van der Waals surface area contributed by atoms with E-state index >= 15 is 0 Å². The third-order valence-corrected chi connectivity index (χ3v) is 2.51. The van der Waals surface area contributed by atoms with Gasteiger partial charge in [0.05, 0.1) is 12.2 Å². The first-order valence-electron chi connectivity index (χ1n) is 3.91. The van der Waals surface area contributed by atoms with E-state index in [9.17, 15) is 0 Å². The van der Waals surface area contributed by atoms with E-state index < -0.39 is 0 Å². The molecule has 0 atom stereocenters. The molecule has 0 spiro atoms. The molecular weight excluding hydrogens is 218 g/mol. The topological polar surface area (TPSA) is 12.5 Å². The van der Waals surface area contributed by atoms with E-state index in [-0.39, 0.29) is 0 Å². The minimum absolute atomic E-state index is 0.778. The third kappa shape index (κ3) is 1.29. The Bertz CT molecular complexity index is 301. The fourth-order valence-electron chi connectivity index (χ4n) is 1.33. The van der Waals surface area contributed by atoms with Crippen LogP contribution >= 0.6 is 15.9 Å². The molecule has 0 aromatic heterocycles. The van der Waals surface area contributed by atoms with Crippen LogP contribution in [-0.2, 0) is 0 Å². The molecule has 0 saturated heterocycles. The Morgan fingerprint density at radius 3 is 3.17 bits per heavy atom. The summed E-state index contributed by atoms with van der Waals surface area (Å²) in [6.45, 7) is 1.74. The Labute approximate surface area is 80.3 Å². The number of nitrogens with zero attached hydrogens (tertiary/aromatic N) is 1. The molecule has 1 aromatic rings. The smallest absolute Gasteiger partial charge is 0.143 e. The molecule has 2 nitrogen and oxygen atoms in total. The summed E-state index contributed by atoms with van der Waals surface area (Å²) in [5.41, 5.74) is 1.17. The molecule has 3 heteroatoms. The lowest BCUT2D eigenvalue weighted by Crippen LogP contribution is -2.28. The summed E-state index contributed by atoms with van der Waals surface area (Å²) in [5, 5.41) is 0. The normalized spacial score (nSPS) is 15.3. The van der Waals surface area contributed by atoms with Crippen LogP contribution in [0.5, 0.6) is 5.75 Å². The summed E-state index contributed by atoms with van der Waals surface area (Å²) in [4.78, 5) is 2.20. The molecule has 64 valence electrons. The molecule has 0 amide bonds. The van der Waals surface area contributed by atoms with Crippen molar-refractivity contribution in [2.45, 2.75) is 0 Å². The van der Waals surface area contributed by atoms with Gasteiger partial charge in [0, 0.05) is 11.5 Å². The van der Waals surface area contributed by atoms with Crippen LogP contribution in [0.1, 0.15) is 0 Å². The van der Waals surface area contributed by atoms with Gasteiger partial charge in [0.1, 0.15) is 12.4 Å². The third-order valence-electron chi connectivity index (χ3n) is 2.02. The van der Waals surface area contributed by atoms with Gasteiger partial charge in [-0.2, -0.15) is 0 Å². The van der Waals surface area contributed by atoms with E-state index in [1.165, 1.54) is 5.69 Å². The van der Waals surface area contributed by atoms with Gasteiger partial charge in [-0.1, -0.05) is 15.9 Å². The van der Waals surface area contributed by atoms with Gasteiger partial charge in [-0.3, -0.25) is 0 Å². The highest BCUT2D eigenvalue weighted by Gasteiger charge is 2.13. The SMILES string of the molecule is CN1CCOc2cc(Br)ccc21. The molecule has 0 fully saturated rings. The molecular formula is C9H10BrNO. The number of anilines is 1. The van der Waals surface area contributed by atoms with E-state index in [2.05, 4.69) is 33.9 Å². The number of hydrogen-bond donors (Lipinski definition) is 0. The lowest BCUT2D eigenvalue weighted by Gasteiger charge is -2.27. The Kier molecular flexibility index (Phi) is 1.97. The second-order valence-electron chi connectivity index (χ2n) is 2.88. The van der Waals surface area contributed by atoms with Crippen molar-refractivity contribution in [2.24, 2.45) is 0 Å². The van der Waals surface area contributed by atoms with Gasteiger partial charge in [0.2, 0.25) is 0 Å². The van der Waals surface area contributed by atoms with Crippen molar-refractivity contribution in [3.05, 3.63) is 22.7 Å². The summed E-state index contributed by atoms with van der Waals surface area (Å²) in [6, 6.07) is 6.10. The number of halogens is 1. The lowest BCUT2D eigenvalue weighted by atomic mass is 10.2. The predicted molar refractivity (Wildman–Crippen MR) is 52.9 cm³/mol. The Morgan fingerprint density at radius 1 is 1.50 bits per heavy atom. The average molecular weight is 228 g/mol. The Hall–Kier alpha value is -0.700. The minimum Gasteiger partial charge on any atom is -0.490 e. The van der Waals surface area contributed by atoms with E-state index in [0.717, 1.165) is 23.4 Å². The highest BCUT2D eigenvalue weighted by molar-refractivity contribution is 9.10. The number of rotatable bonds is 0. The van der Waals surface area contributed by atoms with Crippen molar-refractivity contribution in [3.8, 4) is 5.75 Å². The summed E-state index contributed by atoms with van der Waals surface area (Å²) < 4.78 is 6.57. The maximum Gasteiger partial charge on any atom is 0.143 e. The average Bonchev–Trinajstić information content (AvgIpc) is 2.04. The van der Waals surface area contributed by atoms with Gasteiger partial charge in [0.15, 0.2) is 0 Å². The highest BCUT2D eigenvalue weighted by atomic mass is 79.9. The Morgan fingerprint density at radius 2 is 2.33 bits per heavy atom. The second kappa shape index (κ2) is 2.98. The lowest BCUT2D eigenvalue weighted by molar-refractivity contribution is 0.311. The zero-order valence-electron chi connectivity index (χ0n) is 6.88. The van der Waals surface area contributed by atoms with Gasteiger partial charge in [-0.15, -0.1) is 0 Å². The van der Waals surface area contributed by atoms with E-state index in [1.54, 1.807) is 0 Å². The van der Waals surface area contributed by atoms with Crippen molar-refractivity contribution < 1.29 is 4.74 Å². The molecule has 1 aliphatic heterocycles. The number of fused-ring (bicyclic) bond motifs is 1. The van der Waals surface area contributed by atoms with Crippen molar-refractivity contribution in [1.82, 2.24) is 0 Å². The van der Waals surface area contributed by atoms with Crippen LogP contribution < -0.4 is 9.64 Å². The van der Waals surface area contributed by atoms with E-state index in [0.29, 0.717) is 0 Å². The predicted octanol–water partition coefficient (Wildman–Crippen LogP) is 2.28. The molecule has 0 saturated carbocycles. The van der Waals surface area contributed by atoms with Crippen LogP contribution in [0.2, 0.25) is 0 Å². The summed E-state index contributed by atoms with van der Waals surface area (Å²) in [6.07, 6.45) is 0. The van der Waals surface area contributed by atoms with Gasteiger partial charge in [0.25, 0.3) is 0 Å². The van der Waals surface area contributed by atoms with Crippen LogP contribution in [0, 0.1) is 0 Å². The van der Waals surface area contributed by atoms with Crippen molar-refractivity contribution >= 4 is 21.6 Å². The van der Waals surface area contributed by atoms with Crippen LogP contribution in [0.3, 0.4) is 0 Å². The molecule has 0 unspecified atom stereocenters. The number of likely N-dealkylation sites (N-methyl/N-ethyl adjacent to an activating group) is 1. The second-order valence-corrected chi connectivity index (χ2v) is 3.80. The zero-order valence-corrected chi connectivity index (χ0v) is 8.47. The fourth-order valence-corrected chi connectivity index (χ4v) is 1.67. The maximum absolute atomic E-state index is 5.50. The molecule has 1 aliphatic rings. The van der Waals surface area contributed by atoms with E-state index in [1.807, 2.05) is 12.1 Å². The fraction of sp³-hybridized carbons (Fsp3) is 0.333. The molecule has 1 aromatic carbocycles. The molecule has 0 N–H and O–H groups in total. The first-order chi connectivity index (χ1) is 5.77. The van der Waals surface area contributed by atoms with Crippen LogP contribution in [0.15, 0.2) is 22.7 Å². The molecule has 0 bridgehead atoms. The molecule has 2 rings (SSSR count). The monoisotopic (exact) mass is 227 g/mol. The van der Waals surface area contributed by atoms with Crippen LogP contribution in [-0.4, -0.2) is 20.2 Å². The Balaban J connectivity index is 2.46. The van der Waals surface area contributed by atoms with Crippen molar-refractivity contribution in [1.29, 1.82) is 0 Å². The largest absolute Gasteiger partial charge is 0.490 e. The minimum atomic E-state index is 0.778. The first kappa shape index (κ1) is 7.92. The highest BCUT2D eigenvalue weighted by Crippen LogP contribution is 2.32. The molecule has 0 radical (unpaired) electrons. The maximum atomic E-state index is 5.50. The summed E-state index contributed by atoms with van der Waals surface area (Å²) >= 11 is 3.41.